The summed E-state index contributed by atoms with van der Waals surface area (Å²) in [6, 6.07) is 15.8. The van der Waals surface area contributed by atoms with Gasteiger partial charge in [-0.1, -0.05) is 24.3 Å². The summed E-state index contributed by atoms with van der Waals surface area (Å²) in [5.74, 6) is 0.897. The molecule has 0 spiro atoms. The zero-order valence-corrected chi connectivity index (χ0v) is 15.6. The van der Waals surface area contributed by atoms with Crippen LogP contribution in [0.2, 0.25) is 0 Å². The first-order valence-corrected chi connectivity index (χ1v) is 9.16. The predicted molar refractivity (Wildman–Crippen MR) is 106 cm³/mol. The molecule has 0 aromatic heterocycles. The normalized spacial score (nSPS) is 19.3. The van der Waals surface area contributed by atoms with E-state index in [0.717, 1.165) is 37.2 Å². The van der Waals surface area contributed by atoms with E-state index < -0.39 is 0 Å². The van der Waals surface area contributed by atoms with Gasteiger partial charge in [0, 0.05) is 12.2 Å². The lowest BCUT2D eigenvalue weighted by molar-refractivity contribution is -0.118. The van der Waals surface area contributed by atoms with Gasteiger partial charge in [0.05, 0.1) is 12.1 Å². The molecule has 4 rings (SSSR count). The summed E-state index contributed by atoms with van der Waals surface area (Å²) < 4.78 is 5.97. The van der Waals surface area contributed by atoms with Gasteiger partial charge in [0.15, 0.2) is 0 Å². The second kappa shape index (κ2) is 8.56. The zero-order chi connectivity index (χ0) is 17.1. The monoisotopic (exact) mass is 372 g/mol. The van der Waals surface area contributed by atoms with E-state index in [1.807, 2.05) is 36.4 Å². The Labute approximate surface area is 160 Å². The Morgan fingerprint density at radius 2 is 1.69 bits per heavy atom. The summed E-state index contributed by atoms with van der Waals surface area (Å²) in [5.41, 5.74) is 3.34. The van der Waals surface area contributed by atoms with Crippen LogP contribution in [-0.4, -0.2) is 18.1 Å². The molecule has 2 aromatic carbocycles. The van der Waals surface area contributed by atoms with Gasteiger partial charge in [-0.2, -0.15) is 0 Å². The Morgan fingerprint density at radius 1 is 1.00 bits per heavy atom. The Bertz CT molecular complexity index is 742. The number of halogens is 1. The second-order valence-corrected chi connectivity index (χ2v) is 6.94. The second-order valence-electron chi connectivity index (χ2n) is 6.94. The molecule has 26 heavy (non-hydrogen) atoms. The van der Waals surface area contributed by atoms with Crippen molar-refractivity contribution in [3.05, 3.63) is 59.7 Å². The van der Waals surface area contributed by atoms with E-state index >= 15 is 0 Å². The van der Waals surface area contributed by atoms with Crippen molar-refractivity contribution in [2.24, 2.45) is 0 Å². The summed E-state index contributed by atoms with van der Waals surface area (Å²) in [6.45, 7) is 0.739. The summed E-state index contributed by atoms with van der Waals surface area (Å²) >= 11 is 0. The molecule has 5 heteroatoms. The van der Waals surface area contributed by atoms with Gasteiger partial charge in [-0.05, 0) is 67.5 Å². The van der Waals surface area contributed by atoms with E-state index in [9.17, 15) is 4.79 Å². The van der Waals surface area contributed by atoms with Crippen LogP contribution in [0, 0.1) is 0 Å². The van der Waals surface area contributed by atoms with E-state index in [-0.39, 0.29) is 24.4 Å². The maximum absolute atomic E-state index is 12.5. The summed E-state index contributed by atoms with van der Waals surface area (Å²) in [6.07, 6.45) is 5.89. The number of hydrogen-bond acceptors (Lipinski definition) is 3. The first-order valence-electron chi connectivity index (χ1n) is 9.16. The van der Waals surface area contributed by atoms with E-state index in [0.29, 0.717) is 6.10 Å². The van der Waals surface area contributed by atoms with Crippen molar-refractivity contribution in [3.63, 3.8) is 0 Å². The quantitative estimate of drug-likeness (QED) is 0.850. The SMILES string of the molecule is Cl.O=C(Nc1ccc(OC2CCCC2)cc1)C1Cc2ccccc2CN1. The van der Waals surface area contributed by atoms with Crippen LogP contribution < -0.4 is 15.4 Å². The highest BCUT2D eigenvalue weighted by molar-refractivity contribution is 5.95. The topological polar surface area (TPSA) is 50.4 Å². The molecule has 1 unspecified atom stereocenters. The lowest BCUT2D eigenvalue weighted by Crippen LogP contribution is -2.44. The Balaban J connectivity index is 0.00000196. The fourth-order valence-corrected chi connectivity index (χ4v) is 3.68. The van der Waals surface area contributed by atoms with Crippen LogP contribution in [-0.2, 0) is 17.8 Å². The molecule has 0 radical (unpaired) electrons. The van der Waals surface area contributed by atoms with Gasteiger partial charge >= 0.3 is 0 Å². The van der Waals surface area contributed by atoms with Crippen molar-refractivity contribution in [2.75, 3.05) is 5.32 Å². The smallest absolute Gasteiger partial charge is 0.241 e. The van der Waals surface area contributed by atoms with Gasteiger partial charge < -0.3 is 15.4 Å². The van der Waals surface area contributed by atoms with Gasteiger partial charge in [0.2, 0.25) is 5.91 Å². The largest absolute Gasteiger partial charge is 0.490 e. The van der Waals surface area contributed by atoms with E-state index in [2.05, 4.69) is 22.8 Å². The first kappa shape index (κ1) is 18.7. The van der Waals surface area contributed by atoms with Crippen LogP contribution >= 0.6 is 12.4 Å². The van der Waals surface area contributed by atoms with Crippen LogP contribution in [0.4, 0.5) is 5.69 Å². The van der Waals surface area contributed by atoms with Gasteiger partial charge in [0.1, 0.15) is 5.75 Å². The highest BCUT2D eigenvalue weighted by atomic mass is 35.5. The molecular formula is C21H25ClN2O2. The van der Waals surface area contributed by atoms with Gasteiger partial charge in [-0.25, -0.2) is 0 Å². The highest BCUT2D eigenvalue weighted by Gasteiger charge is 2.24. The fourth-order valence-electron chi connectivity index (χ4n) is 3.68. The standard InChI is InChI=1S/C21H24N2O2.ClH/c24-21(20-13-15-5-1-2-6-16(15)14-22-20)23-17-9-11-19(12-10-17)25-18-7-3-4-8-18;/h1-2,5-6,9-12,18,20,22H,3-4,7-8,13-14H2,(H,23,24);1H. The third kappa shape index (κ3) is 4.37. The zero-order valence-electron chi connectivity index (χ0n) is 14.7. The average Bonchev–Trinajstić information content (AvgIpc) is 3.16. The van der Waals surface area contributed by atoms with Crippen molar-refractivity contribution < 1.29 is 9.53 Å². The maximum Gasteiger partial charge on any atom is 0.241 e. The van der Waals surface area contributed by atoms with Gasteiger partial charge in [-0.3, -0.25) is 4.79 Å². The Morgan fingerprint density at radius 3 is 2.42 bits per heavy atom. The summed E-state index contributed by atoms with van der Waals surface area (Å²) in [7, 11) is 0. The Kier molecular flexibility index (Phi) is 6.17. The molecule has 138 valence electrons. The summed E-state index contributed by atoms with van der Waals surface area (Å²) in [4.78, 5) is 12.5. The van der Waals surface area contributed by atoms with E-state index in [1.165, 1.54) is 24.0 Å². The van der Waals surface area contributed by atoms with Gasteiger partial charge in [0.25, 0.3) is 0 Å². The van der Waals surface area contributed by atoms with Crippen LogP contribution in [0.15, 0.2) is 48.5 Å². The maximum atomic E-state index is 12.5. The number of rotatable bonds is 4. The summed E-state index contributed by atoms with van der Waals surface area (Å²) in [5, 5.41) is 6.32. The van der Waals surface area contributed by atoms with E-state index in [4.69, 9.17) is 4.74 Å². The third-order valence-electron chi connectivity index (χ3n) is 5.12. The minimum atomic E-state index is -0.190. The van der Waals surface area contributed by atoms with Crippen molar-refractivity contribution in [2.45, 2.75) is 50.8 Å². The fraction of sp³-hybridized carbons (Fsp3) is 0.381. The van der Waals surface area contributed by atoms with Crippen LogP contribution in [0.3, 0.4) is 0 Å². The number of carbonyl (C=O) groups excluding carboxylic acids is 1. The molecule has 0 saturated heterocycles. The Hall–Kier alpha value is -2.04. The van der Waals surface area contributed by atoms with Crippen molar-refractivity contribution in [3.8, 4) is 5.75 Å². The van der Waals surface area contributed by atoms with Crippen LogP contribution in [0.5, 0.6) is 5.75 Å². The molecular weight excluding hydrogens is 348 g/mol. The average molecular weight is 373 g/mol. The van der Waals surface area contributed by atoms with Crippen molar-refractivity contribution >= 4 is 24.0 Å². The van der Waals surface area contributed by atoms with Gasteiger partial charge in [-0.15, -0.1) is 12.4 Å². The lowest BCUT2D eigenvalue weighted by Gasteiger charge is -2.25. The number of carbonyl (C=O) groups is 1. The van der Waals surface area contributed by atoms with Crippen molar-refractivity contribution in [1.29, 1.82) is 0 Å². The number of nitrogens with one attached hydrogen (secondary N) is 2. The number of hydrogen-bond donors (Lipinski definition) is 2. The number of benzene rings is 2. The number of amides is 1. The third-order valence-corrected chi connectivity index (χ3v) is 5.12. The molecule has 0 bridgehead atoms. The van der Waals surface area contributed by atoms with Crippen molar-refractivity contribution in [1.82, 2.24) is 5.32 Å². The minimum absolute atomic E-state index is 0. The molecule has 1 amide bonds. The lowest BCUT2D eigenvalue weighted by atomic mass is 9.95. The number of fused-ring (bicyclic) bond motifs is 1. The molecule has 2 N–H and O–H groups in total. The van der Waals surface area contributed by atoms with Crippen LogP contribution in [0.1, 0.15) is 36.8 Å². The minimum Gasteiger partial charge on any atom is -0.490 e. The predicted octanol–water partition coefficient (Wildman–Crippen LogP) is 4.08. The number of anilines is 1. The molecule has 4 nitrogen and oxygen atoms in total. The molecule has 1 aliphatic heterocycles. The molecule has 2 aromatic rings. The number of ether oxygens (including phenoxy) is 1. The molecule has 1 atom stereocenters. The molecule has 2 aliphatic rings. The van der Waals surface area contributed by atoms with Crippen LogP contribution in [0.25, 0.3) is 0 Å². The molecule has 1 heterocycles. The molecule has 1 saturated carbocycles. The first-order chi connectivity index (χ1) is 12.3. The van der Waals surface area contributed by atoms with E-state index in [1.54, 1.807) is 0 Å². The molecule has 1 aliphatic carbocycles. The highest BCUT2D eigenvalue weighted by Crippen LogP contribution is 2.25. The molecule has 1 fully saturated rings.